The highest BCUT2D eigenvalue weighted by molar-refractivity contribution is 9.12. The van der Waals surface area contributed by atoms with Gasteiger partial charge in [0.05, 0.1) is 23.6 Å². The number of carbonyl (C=O) groups is 1. The molecular weight excluding hydrogens is 368 g/mol. The van der Waals surface area contributed by atoms with Crippen molar-refractivity contribution >= 4 is 45.2 Å². The molecule has 6 heteroatoms. The number of benzene rings is 2. The van der Waals surface area contributed by atoms with Crippen molar-refractivity contribution in [2.75, 3.05) is 0 Å². The maximum absolute atomic E-state index is 12.0. The first-order valence-corrected chi connectivity index (χ1v) is 8.16. The summed E-state index contributed by atoms with van der Waals surface area (Å²) in [6.07, 6.45) is 5.12. The fraction of sp³-hybridized carbons (Fsp3) is 0.0556. The summed E-state index contributed by atoms with van der Waals surface area (Å²) in [5.74, 6) is -0.214. The molecule has 0 unspecified atom stereocenters. The zero-order valence-corrected chi connectivity index (χ0v) is 14.3. The Morgan fingerprint density at radius 1 is 1.17 bits per heavy atom. The quantitative estimate of drug-likeness (QED) is 0.541. The van der Waals surface area contributed by atoms with Crippen molar-refractivity contribution in [1.82, 2.24) is 15.0 Å². The van der Waals surface area contributed by atoms with E-state index in [4.69, 9.17) is 0 Å². The highest BCUT2D eigenvalue weighted by Crippen LogP contribution is 2.11. The number of hydrogen-bond acceptors (Lipinski definition) is 3. The van der Waals surface area contributed by atoms with Crippen molar-refractivity contribution in [3.63, 3.8) is 0 Å². The molecule has 0 saturated heterocycles. The fourth-order valence-corrected chi connectivity index (χ4v) is 2.60. The molecule has 0 fully saturated rings. The first-order chi connectivity index (χ1) is 11.7. The summed E-state index contributed by atoms with van der Waals surface area (Å²) in [4.78, 5) is 16.2. The zero-order valence-electron chi connectivity index (χ0n) is 12.8. The number of imidazole rings is 1. The molecule has 24 heavy (non-hydrogen) atoms. The van der Waals surface area contributed by atoms with E-state index in [1.54, 1.807) is 17.1 Å². The molecule has 0 aliphatic rings. The number of carbonyl (C=O) groups excluding carboxylic acids is 1. The summed E-state index contributed by atoms with van der Waals surface area (Å²) in [5.41, 5.74) is 5.34. The number of allylic oxidation sites excluding steroid dienone is 1. The van der Waals surface area contributed by atoms with Crippen LogP contribution in [0.4, 0.5) is 0 Å². The molecule has 1 heterocycles. The molecule has 0 spiro atoms. The van der Waals surface area contributed by atoms with E-state index in [1.807, 2.05) is 60.7 Å². The lowest BCUT2D eigenvalue weighted by atomic mass is 10.2. The minimum absolute atomic E-state index is 0.165. The normalized spacial score (nSPS) is 12.0. The van der Waals surface area contributed by atoms with E-state index in [2.05, 4.69) is 31.4 Å². The van der Waals surface area contributed by atoms with Crippen LogP contribution in [0.5, 0.6) is 0 Å². The van der Waals surface area contributed by atoms with Crippen molar-refractivity contribution < 1.29 is 4.79 Å². The van der Waals surface area contributed by atoms with Gasteiger partial charge in [-0.15, -0.1) is 0 Å². The Morgan fingerprint density at radius 3 is 2.75 bits per heavy atom. The molecule has 120 valence electrons. The molecule has 5 nitrogen and oxygen atoms in total. The number of fused-ring (bicyclic) bond motifs is 1. The Hall–Kier alpha value is -2.73. The largest absolute Gasteiger partial charge is 0.321 e. The number of nitrogens with zero attached hydrogens (tertiary/aromatic N) is 3. The Morgan fingerprint density at radius 2 is 1.92 bits per heavy atom. The van der Waals surface area contributed by atoms with Gasteiger partial charge in [-0.25, -0.2) is 10.4 Å². The molecule has 3 rings (SSSR count). The van der Waals surface area contributed by atoms with Crippen molar-refractivity contribution in [3.8, 4) is 0 Å². The van der Waals surface area contributed by atoms with Gasteiger partial charge in [-0.3, -0.25) is 4.79 Å². The monoisotopic (exact) mass is 382 g/mol. The topological polar surface area (TPSA) is 59.3 Å². The summed E-state index contributed by atoms with van der Waals surface area (Å²) in [5, 5.41) is 3.95. The number of halogens is 1. The molecular formula is C18H15BrN4O. The van der Waals surface area contributed by atoms with Crippen LogP contribution >= 0.6 is 15.9 Å². The predicted octanol–water partition coefficient (Wildman–Crippen LogP) is 3.57. The van der Waals surface area contributed by atoms with Crippen molar-refractivity contribution in [3.05, 3.63) is 71.0 Å². The zero-order chi connectivity index (χ0) is 16.8. The van der Waals surface area contributed by atoms with Gasteiger partial charge in [0.15, 0.2) is 0 Å². The summed E-state index contributed by atoms with van der Waals surface area (Å²) >= 11 is 3.40. The highest BCUT2D eigenvalue weighted by atomic mass is 79.9. The first-order valence-electron chi connectivity index (χ1n) is 7.36. The molecule has 0 saturated carbocycles. The van der Waals surface area contributed by atoms with Gasteiger partial charge in [-0.2, -0.15) is 5.10 Å². The molecule has 0 aliphatic carbocycles. The number of amides is 1. The van der Waals surface area contributed by atoms with Gasteiger partial charge >= 0.3 is 0 Å². The van der Waals surface area contributed by atoms with Gasteiger partial charge in [0.25, 0.3) is 5.91 Å². The molecule has 0 aliphatic heterocycles. The number of para-hydroxylation sites is 2. The molecule has 2 aromatic carbocycles. The van der Waals surface area contributed by atoms with E-state index in [0.29, 0.717) is 0 Å². The third-order valence-corrected chi connectivity index (χ3v) is 3.76. The van der Waals surface area contributed by atoms with Gasteiger partial charge in [0, 0.05) is 4.48 Å². The third kappa shape index (κ3) is 4.17. The van der Waals surface area contributed by atoms with Crippen molar-refractivity contribution in [2.24, 2.45) is 5.10 Å². The molecule has 1 N–H and O–H groups in total. The van der Waals surface area contributed by atoms with Gasteiger partial charge in [-0.1, -0.05) is 42.5 Å². The minimum Gasteiger partial charge on any atom is -0.321 e. The number of aromatic nitrogens is 2. The van der Waals surface area contributed by atoms with Crippen LogP contribution in [0.3, 0.4) is 0 Å². The smallest absolute Gasteiger partial charge is 0.260 e. The molecule has 0 bridgehead atoms. The van der Waals surface area contributed by atoms with Gasteiger partial charge in [-0.05, 0) is 39.7 Å². The average Bonchev–Trinajstić information content (AvgIpc) is 2.99. The maximum atomic E-state index is 12.0. The van der Waals surface area contributed by atoms with Crippen LogP contribution in [0.15, 0.2) is 70.5 Å². The summed E-state index contributed by atoms with van der Waals surface area (Å²) in [6, 6.07) is 17.5. The van der Waals surface area contributed by atoms with Crippen LogP contribution < -0.4 is 5.43 Å². The number of hydrazone groups is 1. The number of nitrogens with one attached hydrogen (secondary N) is 1. The van der Waals surface area contributed by atoms with E-state index in [0.717, 1.165) is 21.1 Å². The lowest BCUT2D eigenvalue weighted by Gasteiger charge is -2.02. The molecule has 0 atom stereocenters. The van der Waals surface area contributed by atoms with Crippen LogP contribution in [0.1, 0.15) is 5.56 Å². The average molecular weight is 383 g/mol. The maximum Gasteiger partial charge on any atom is 0.260 e. The summed E-state index contributed by atoms with van der Waals surface area (Å²) in [7, 11) is 0. The fourth-order valence-electron chi connectivity index (χ4n) is 2.24. The predicted molar refractivity (Wildman–Crippen MR) is 99.7 cm³/mol. The van der Waals surface area contributed by atoms with Crippen LogP contribution in [-0.2, 0) is 11.3 Å². The van der Waals surface area contributed by atoms with Crippen molar-refractivity contribution in [2.45, 2.75) is 6.54 Å². The second kappa shape index (κ2) is 7.70. The number of rotatable bonds is 5. The Kier molecular flexibility index (Phi) is 5.18. The second-order valence-electron chi connectivity index (χ2n) is 5.09. The third-order valence-electron chi connectivity index (χ3n) is 3.32. The Balaban J connectivity index is 1.58. The van der Waals surface area contributed by atoms with Gasteiger partial charge in [0.2, 0.25) is 0 Å². The number of hydrogen-bond donors (Lipinski definition) is 1. The first kappa shape index (κ1) is 16.1. The SMILES string of the molecule is O=C(Cn1cnc2ccccc21)NN=C/C(Br)=C/c1ccccc1. The van der Waals surface area contributed by atoms with Crippen molar-refractivity contribution in [1.29, 1.82) is 0 Å². The van der Waals surface area contributed by atoms with E-state index in [1.165, 1.54) is 0 Å². The lowest BCUT2D eigenvalue weighted by molar-refractivity contribution is -0.121. The molecule has 1 aromatic heterocycles. The lowest BCUT2D eigenvalue weighted by Crippen LogP contribution is -2.22. The van der Waals surface area contributed by atoms with E-state index >= 15 is 0 Å². The second-order valence-corrected chi connectivity index (χ2v) is 6.01. The van der Waals surface area contributed by atoms with E-state index in [-0.39, 0.29) is 12.5 Å². The Labute approximate surface area is 147 Å². The minimum atomic E-state index is -0.214. The van der Waals surface area contributed by atoms with E-state index in [9.17, 15) is 4.79 Å². The van der Waals surface area contributed by atoms with Gasteiger partial charge in [0.1, 0.15) is 6.54 Å². The van der Waals surface area contributed by atoms with Crippen LogP contribution in [0.25, 0.3) is 17.1 Å². The summed E-state index contributed by atoms with van der Waals surface area (Å²) in [6.45, 7) is 0.165. The van der Waals surface area contributed by atoms with Gasteiger partial charge < -0.3 is 4.57 Å². The molecule has 3 aromatic rings. The van der Waals surface area contributed by atoms with Crippen LogP contribution in [0, 0.1) is 0 Å². The molecule has 1 amide bonds. The van der Waals surface area contributed by atoms with Crippen LogP contribution in [-0.4, -0.2) is 21.7 Å². The molecule has 0 radical (unpaired) electrons. The van der Waals surface area contributed by atoms with Crippen LogP contribution in [0.2, 0.25) is 0 Å². The van der Waals surface area contributed by atoms with E-state index < -0.39 is 0 Å². The standard InChI is InChI=1S/C18H15BrN4O/c19-15(10-14-6-2-1-3-7-14)11-21-22-18(24)12-23-13-20-16-8-4-5-9-17(16)23/h1-11,13H,12H2,(H,22,24)/b15-10-,21-11?. The Bertz CT molecular complexity index is 900. The highest BCUT2D eigenvalue weighted by Gasteiger charge is 2.05. The summed E-state index contributed by atoms with van der Waals surface area (Å²) < 4.78 is 2.55.